The number of allylic oxidation sites excluding steroid dienone is 5. The largest absolute Gasteiger partial charge is 0.394 e. The molecule has 3 aliphatic carbocycles. The fourth-order valence-electron chi connectivity index (χ4n) is 5.89. The molecule has 32 heavy (non-hydrogen) atoms. The van der Waals surface area contributed by atoms with E-state index in [0.717, 1.165) is 86.0 Å². The normalized spacial score (nSPS) is 28.2. The van der Waals surface area contributed by atoms with Crippen molar-refractivity contribution in [2.24, 2.45) is 5.92 Å². The minimum Gasteiger partial charge on any atom is -0.394 e. The van der Waals surface area contributed by atoms with Gasteiger partial charge in [0, 0.05) is 30.3 Å². The minimum atomic E-state index is -1.07. The van der Waals surface area contributed by atoms with Gasteiger partial charge < -0.3 is 15.3 Å². The summed E-state index contributed by atoms with van der Waals surface area (Å²) in [6, 6.07) is 0. The van der Waals surface area contributed by atoms with Gasteiger partial charge in [-0.2, -0.15) is 4.98 Å². The van der Waals surface area contributed by atoms with Gasteiger partial charge in [0.05, 0.1) is 28.6 Å². The maximum atomic E-state index is 12.7. The van der Waals surface area contributed by atoms with Crippen LogP contribution in [0.3, 0.4) is 0 Å². The number of hydrogen-bond acceptors (Lipinski definition) is 6. The van der Waals surface area contributed by atoms with Crippen molar-refractivity contribution in [2.45, 2.75) is 61.8 Å². The average Bonchev–Trinajstić information content (AvgIpc) is 3.16. The highest BCUT2D eigenvalue weighted by Crippen LogP contribution is 2.44. The zero-order valence-electron chi connectivity index (χ0n) is 18.2. The molecule has 2 N–H and O–H groups in total. The predicted octanol–water partition coefficient (Wildman–Crippen LogP) is 3.84. The molecule has 1 aromatic rings. The number of aryl methyl sites for hydroxylation is 1. The molecule has 2 fully saturated rings. The number of aliphatic hydroxyl groups is 1. The third kappa shape index (κ3) is 3.44. The van der Waals surface area contributed by atoms with Crippen molar-refractivity contribution in [3.63, 3.8) is 0 Å². The number of nitrogens with one attached hydrogen (secondary N) is 1. The number of aliphatic hydroxyl groups excluding tert-OH is 1. The van der Waals surface area contributed by atoms with Crippen molar-refractivity contribution in [3.8, 4) is 0 Å². The predicted molar refractivity (Wildman–Crippen MR) is 128 cm³/mol. The Kier molecular flexibility index (Phi) is 5.19. The molecule has 0 unspecified atom stereocenters. The maximum Gasteiger partial charge on any atom is 0.227 e. The summed E-state index contributed by atoms with van der Waals surface area (Å²) in [4.78, 5) is 12.9. The van der Waals surface area contributed by atoms with Crippen molar-refractivity contribution in [1.82, 2.24) is 9.97 Å². The number of anilines is 2. The molecule has 1 saturated heterocycles. The summed E-state index contributed by atoms with van der Waals surface area (Å²) < 4.78 is 12.7. The summed E-state index contributed by atoms with van der Waals surface area (Å²) in [5, 5.41) is 14.3. The molecule has 0 aromatic carbocycles. The van der Waals surface area contributed by atoms with E-state index >= 15 is 0 Å². The fourth-order valence-corrected chi connectivity index (χ4v) is 7.41. The lowest BCUT2D eigenvalue weighted by molar-refractivity contribution is 0.143. The Bertz CT molecular complexity index is 1090. The van der Waals surface area contributed by atoms with Crippen LogP contribution in [0.2, 0.25) is 0 Å². The average molecular weight is 473 g/mol. The molecule has 2 atom stereocenters. The molecule has 3 heterocycles. The highest BCUT2D eigenvalue weighted by Gasteiger charge is 2.39. The molecule has 6 nitrogen and oxygen atoms in total. The van der Waals surface area contributed by atoms with Crippen molar-refractivity contribution in [2.75, 3.05) is 35.7 Å². The monoisotopic (exact) mass is 472 g/mol. The second-order valence-electron chi connectivity index (χ2n) is 9.76. The van der Waals surface area contributed by atoms with Crippen molar-refractivity contribution in [3.05, 3.63) is 39.6 Å². The third-order valence-electron chi connectivity index (χ3n) is 7.89. The van der Waals surface area contributed by atoms with Crippen LogP contribution in [0, 0.1) is 5.92 Å². The van der Waals surface area contributed by atoms with Crippen LogP contribution in [-0.2, 0) is 17.2 Å². The lowest BCUT2D eigenvalue weighted by atomic mass is 9.74. The summed E-state index contributed by atoms with van der Waals surface area (Å²) in [6.45, 7) is 1.90. The van der Waals surface area contributed by atoms with E-state index < -0.39 is 10.8 Å². The van der Waals surface area contributed by atoms with Gasteiger partial charge in [-0.3, -0.25) is 4.21 Å². The summed E-state index contributed by atoms with van der Waals surface area (Å²) in [7, 11) is -1.07. The van der Waals surface area contributed by atoms with Gasteiger partial charge >= 0.3 is 0 Å². The van der Waals surface area contributed by atoms with Gasteiger partial charge in [-0.05, 0) is 68.1 Å². The first-order chi connectivity index (χ1) is 15.5. The van der Waals surface area contributed by atoms with Gasteiger partial charge in [0.2, 0.25) is 5.95 Å². The molecule has 1 aromatic heterocycles. The van der Waals surface area contributed by atoms with E-state index in [4.69, 9.17) is 21.6 Å². The summed E-state index contributed by atoms with van der Waals surface area (Å²) in [5.41, 5.74) is 5.11. The number of halogens is 1. The van der Waals surface area contributed by atoms with Crippen molar-refractivity contribution in [1.29, 1.82) is 0 Å². The lowest BCUT2D eigenvalue weighted by Crippen LogP contribution is -2.49. The Morgan fingerprint density at radius 3 is 2.94 bits per heavy atom. The van der Waals surface area contributed by atoms with Gasteiger partial charge in [0.25, 0.3) is 0 Å². The van der Waals surface area contributed by atoms with E-state index in [1.807, 2.05) is 0 Å². The van der Waals surface area contributed by atoms with E-state index in [-0.39, 0.29) is 12.1 Å². The van der Waals surface area contributed by atoms with Gasteiger partial charge in [0.1, 0.15) is 10.7 Å². The van der Waals surface area contributed by atoms with E-state index in [0.29, 0.717) is 17.5 Å². The Labute approximate surface area is 196 Å². The fraction of sp³-hybridized carbons (Fsp3) is 0.583. The Hall–Kier alpha value is -1.70. The second kappa shape index (κ2) is 7.96. The van der Waals surface area contributed by atoms with Crippen LogP contribution in [0.25, 0.3) is 0 Å². The van der Waals surface area contributed by atoms with Crippen LogP contribution >= 0.6 is 11.6 Å². The smallest absolute Gasteiger partial charge is 0.227 e. The van der Waals surface area contributed by atoms with E-state index in [2.05, 4.69) is 22.4 Å². The number of hydrogen-bond donors (Lipinski definition) is 2. The molecule has 0 radical (unpaired) electrons. The number of fused-ring (bicyclic) bond motifs is 3. The maximum absolute atomic E-state index is 12.7. The molecule has 8 heteroatoms. The second-order valence-corrected chi connectivity index (χ2v) is 11.7. The van der Waals surface area contributed by atoms with Crippen molar-refractivity contribution >= 4 is 34.2 Å². The zero-order valence-corrected chi connectivity index (χ0v) is 19.8. The van der Waals surface area contributed by atoms with E-state index in [1.165, 1.54) is 11.1 Å². The first kappa shape index (κ1) is 20.9. The Morgan fingerprint density at radius 1 is 1.28 bits per heavy atom. The molecule has 0 amide bonds. The quantitative estimate of drug-likeness (QED) is 0.693. The van der Waals surface area contributed by atoms with Crippen LogP contribution in [0.1, 0.15) is 50.6 Å². The van der Waals surface area contributed by atoms with Crippen LogP contribution in [-0.4, -0.2) is 50.3 Å². The Balaban J connectivity index is 1.30. The van der Waals surface area contributed by atoms with Gasteiger partial charge in [-0.25, -0.2) is 4.98 Å². The van der Waals surface area contributed by atoms with Gasteiger partial charge in [-0.15, -0.1) is 0 Å². The van der Waals surface area contributed by atoms with Crippen LogP contribution < -0.4 is 10.2 Å². The van der Waals surface area contributed by atoms with Crippen LogP contribution in [0.15, 0.2) is 38.8 Å². The van der Waals surface area contributed by atoms with E-state index in [1.54, 1.807) is 5.57 Å². The minimum absolute atomic E-state index is 0.0742. The van der Waals surface area contributed by atoms with E-state index in [9.17, 15) is 9.32 Å². The SMILES string of the molecule is O=[S@]1CCc2nc(N3CCC4=C5CC=C(Cl)C=C5CC[C@@H]4C3)nc(NC3(CO)CCC3)c21. The highest BCUT2D eigenvalue weighted by molar-refractivity contribution is 7.85. The molecule has 0 bridgehead atoms. The first-order valence-electron chi connectivity index (χ1n) is 11.8. The van der Waals surface area contributed by atoms with Crippen molar-refractivity contribution < 1.29 is 9.32 Å². The number of aromatic nitrogens is 2. The standard InChI is InChI=1S/C24H29ClN4O2S/c25-17-4-5-18-15(12-17)2-3-16-13-29(10-6-19(16)18)23-26-20-7-11-32(31)21(20)22(27-23)28-24(14-30)8-1-9-24/h4,12,16,30H,1-3,5-11,13-14H2,(H,26,27,28)/t16-,32+/m1/s1. The van der Waals surface area contributed by atoms with Crippen LogP contribution in [0.5, 0.6) is 0 Å². The molecule has 0 spiro atoms. The number of rotatable bonds is 4. The number of piperidine rings is 1. The molecule has 2 aliphatic heterocycles. The zero-order chi connectivity index (χ0) is 21.9. The molecule has 1 saturated carbocycles. The number of nitrogens with zero attached hydrogens (tertiary/aromatic N) is 3. The van der Waals surface area contributed by atoms with Crippen LogP contribution in [0.4, 0.5) is 11.8 Å². The Morgan fingerprint density at radius 2 is 2.16 bits per heavy atom. The summed E-state index contributed by atoms with van der Waals surface area (Å²) >= 11 is 6.25. The lowest BCUT2D eigenvalue weighted by Gasteiger charge is -2.42. The highest BCUT2D eigenvalue weighted by atomic mass is 35.5. The molecular formula is C24H29ClN4O2S. The first-order valence-corrected chi connectivity index (χ1v) is 13.5. The molecule has 170 valence electrons. The summed E-state index contributed by atoms with van der Waals surface area (Å²) in [5.74, 6) is 2.56. The summed E-state index contributed by atoms with van der Waals surface area (Å²) in [6.07, 6.45) is 12.1. The van der Waals surface area contributed by atoms with Gasteiger partial charge in [0.15, 0.2) is 0 Å². The van der Waals surface area contributed by atoms with Gasteiger partial charge in [-0.1, -0.05) is 23.3 Å². The topological polar surface area (TPSA) is 78.4 Å². The molecular weight excluding hydrogens is 444 g/mol. The third-order valence-corrected chi connectivity index (χ3v) is 9.61. The molecule has 6 rings (SSSR count). The molecule has 5 aliphatic rings.